The molecule has 0 atom stereocenters. The van der Waals surface area contributed by atoms with E-state index >= 15 is 0 Å². The van der Waals surface area contributed by atoms with Crippen LogP contribution in [0.15, 0.2) is 33.2 Å². The summed E-state index contributed by atoms with van der Waals surface area (Å²) in [5.74, 6) is 6.57. The number of nitrogen functional groups attached to an aromatic ring is 1. The molecule has 0 fully saturated rings. The number of hydrazine groups is 1. The second-order valence-electron chi connectivity index (χ2n) is 4.35. The Hall–Kier alpha value is -1.79. The van der Waals surface area contributed by atoms with Gasteiger partial charge in [0, 0.05) is 4.47 Å². The fourth-order valence-electron chi connectivity index (χ4n) is 1.80. The van der Waals surface area contributed by atoms with Crippen LogP contribution >= 0.6 is 15.9 Å². The van der Waals surface area contributed by atoms with Gasteiger partial charge in [0.15, 0.2) is 0 Å². The molecule has 0 bridgehead atoms. The van der Waals surface area contributed by atoms with Crippen LogP contribution in [-0.2, 0) is 6.61 Å². The Kier molecular flexibility index (Phi) is 4.46. The van der Waals surface area contributed by atoms with Crippen LogP contribution in [0.1, 0.15) is 27.4 Å². The third kappa shape index (κ3) is 3.20. The molecule has 0 aliphatic rings. The zero-order valence-corrected chi connectivity index (χ0v) is 12.8. The Morgan fingerprint density at radius 1 is 1.40 bits per heavy atom. The number of nitrogens with one attached hydrogen (secondary N) is 1. The Bertz CT molecular complexity index is 637. The van der Waals surface area contributed by atoms with E-state index in [2.05, 4.69) is 21.4 Å². The first-order chi connectivity index (χ1) is 9.51. The molecule has 2 rings (SSSR count). The molecule has 1 amide bonds. The van der Waals surface area contributed by atoms with Crippen LogP contribution in [0.4, 0.5) is 0 Å². The van der Waals surface area contributed by atoms with E-state index < -0.39 is 0 Å². The molecule has 0 aliphatic heterocycles. The number of carbonyl (C=O) groups excluding carboxylic acids is 1. The van der Waals surface area contributed by atoms with Gasteiger partial charge in [0.05, 0.1) is 5.56 Å². The molecule has 0 saturated carbocycles. The second kappa shape index (κ2) is 6.11. The summed E-state index contributed by atoms with van der Waals surface area (Å²) in [6.07, 6.45) is 0. The molecule has 106 valence electrons. The van der Waals surface area contributed by atoms with Gasteiger partial charge in [-0.25, -0.2) is 5.84 Å². The van der Waals surface area contributed by atoms with E-state index in [0.717, 1.165) is 15.8 Å². The number of furan rings is 1. The van der Waals surface area contributed by atoms with Crippen LogP contribution in [0.2, 0.25) is 0 Å². The lowest BCUT2D eigenvalue weighted by atomic mass is 10.2. The summed E-state index contributed by atoms with van der Waals surface area (Å²) in [5, 5.41) is 0. The predicted molar refractivity (Wildman–Crippen MR) is 78.3 cm³/mol. The molecular weight excluding hydrogens is 324 g/mol. The van der Waals surface area contributed by atoms with E-state index in [9.17, 15) is 4.79 Å². The number of nitrogens with two attached hydrogens (primary N) is 1. The van der Waals surface area contributed by atoms with Crippen molar-refractivity contribution in [2.75, 3.05) is 0 Å². The molecule has 20 heavy (non-hydrogen) atoms. The molecule has 0 radical (unpaired) electrons. The van der Waals surface area contributed by atoms with E-state index in [1.807, 2.05) is 25.1 Å². The maximum absolute atomic E-state index is 11.5. The molecule has 6 heteroatoms. The average Bonchev–Trinajstić information content (AvgIpc) is 2.80. The molecule has 0 saturated heterocycles. The molecular formula is C14H15BrN2O3. The molecule has 3 N–H and O–H groups in total. The number of rotatable bonds is 4. The third-order valence-corrected chi connectivity index (χ3v) is 3.36. The summed E-state index contributed by atoms with van der Waals surface area (Å²) in [7, 11) is 0. The summed E-state index contributed by atoms with van der Waals surface area (Å²) in [6.45, 7) is 3.91. The number of benzene rings is 1. The van der Waals surface area contributed by atoms with Gasteiger partial charge >= 0.3 is 0 Å². The van der Waals surface area contributed by atoms with Gasteiger partial charge in [-0.15, -0.1) is 0 Å². The number of carbonyl (C=O) groups is 1. The van der Waals surface area contributed by atoms with Gasteiger partial charge in [-0.3, -0.25) is 10.2 Å². The average molecular weight is 339 g/mol. The Morgan fingerprint density at radius 2 is 2.15 bits per heavy atom. The number of ether oxygens (including phenoxy) is 1. The minimum Gasteiger partial charge on any atom is -0.485 e. The first kappa shape index (κ1) is 14.6. The maximum Gasteiger partial charge on any atom is 0.268 e. The largest absolute Gasteiger partial charge is 0.485 e. The lowest BCUT2D eigenvalue weighted by Gasteiger charge is -2.07. The highest BCUT2D eigenvalue weighted by Crippen LogP contribution is 2.24. The van der Waals surface area contributed by atoms with Crippen molar-refractivity contribution >= 4 is 21.8 Å². The first-order valence-corrected chi connectivity index (χ1v) is 6.79. The summed E-state index contributed by atoms with van der Waals surface area (Å²) in [6, 6.07) is 7.42. The highest BCUT2D eigenvalue weighted by atomic mass is 79.9. The van der Waals surface area contributed by atoms with Crippen molar-refractivity contribution in [3.8, 4) is 5.75 Å². The Balaban J connectivity index is 2.11. The zero-order valence-electron chi connectivity index (χ0n) is 11.2. The lowest BCUT2D eigenvalue weighted by Crippen LogP contribution is -2.30. The number of hydrogen-bond donors (Lipinski definition) is 2. The number of hydrogen-bond acceptors (Lipinski definition) is 4. The normalized spacial score (nSPS) is 10.4. The summed E-state index contributed by atoms with van der Waals surface area (Å²) in [5.41, 5.74) is 3.52. The summed E-state index contributed by atoms with van der Waals surface area (Å²) in [4.78, 5) is 11.5. The zero-order chi connectivity index (χ0) is 14.7. The second-order valence-corrected chi connectivity index (χ2v) is 5.27. The summed E-state index contributed by atoms with van der Waals surface area (Å²) < 4.78 is 12.1. The van der Waals surface area contributed by atoms with Crippen LogP contribution in [-0.4, -0.2) is 5.91 Å². The highest BCUT2D eigenvalue weighted by molar-refractivity contribution is 9.10. The minimum atomic E-state index is -0.379. The molecule has 1 aromatic heterocycles. The monoisotopic (exact) mass is 338 g/mol. The van der Waals surface area contributed by atoms with Crippen LogP contribution < -0.4 is 16.0 Å². The van der Waals surface area contributed by atoms with E-state index in [0.29, 0.717) is 17.1 Å². The van der Waals surface area contributed by atoms with Crippen LogP contribution in [0.5, 0.6) is 5.75 Å². The van der Waals surface area contributed by atoms with Crippen molar-refractivity contribution in [3.63, 3.8) is 0 Å². The molecule has 0 spiro atoms. The van der Waals surface area contributed by atoms with Crippen LogP contribution in [0, 0.1) is 13.8 Å². The van der Waals surface area contributed by atoms with Crippen LogP contribution in [0.25, 0.3) is 0 Å². The predicted octanol–water partition coefficient (Wildman–Crippen LogP) is 2.84. The van der Waals surface area contributed by atoms with Gasteiger partial charge in [0.25, 0.3) is 5.91 Å². The Labute approximate surface area is 125 Å². The van der Waals surface area contributed by atoms with Gasteiger partial charge in [-0.2, -0.15) is 0 Å². The highest BCUT2D eigenvalue weighted by Gasteiger charge is 2.14. The van der Waals surface area contributed by atoms with E-state index in [1.54, 1.807) is 13.0 Å². The maximum atomic E-state index is 11.5. The lowest BCUT2D eigenvalue weighted by molar-refractivity contribution is 0.0952. The first-order valence-electron chi connectivity index (χ1n) is 6.00. The van der Waals surface area contributed by atoms with E-state index in [-0.39, 0.29) is 12.5 Å². The summed E-state index contributed by atoms with van der Waals surface area (Å²) >= 11 is 3.40. The van der Waals surface area contributed by atoms with E-state index in [1.165, 1.54) is 0 Å². The molecule has 2 aromatic rings. The molecule has 0 aliphatic carbocycles. The standard InChI is InChI=1S/C14H15BrN2O3/c1-8-3-4-10(15)5-13(8)19-7-11-6-12(9(2)20-11)14(18)17-16/h3-6H,7,16H2,1-2H3,(H,17,18). The van der Waals surface area contributed by atoms with Crippen molar-refractivity contribution in [2.24, 2.45) is 5.84 Å². The quantitative estimate of drug-likeness (QED) is 0.510. The minimum absolute atomic E-state index is 0.246. The van der Waals surface area contributed by atoms with Gasteiger partial charge < -0.3 is 9.15 Å². The molecule has 0 unspecified atom stereocenters. The van der Waals surface area contributed by atoms with Crippen molar-refractivity contribution < 1.29 is 13.9 Å². The van der Waals surface area contributed by atoms with Gasteiger partial charge in [0.1, 0.15) is 23.9 Å². The molecule has 1 aromatic carbocycles. The van der Waals surface area contributed by atoms with Gasteiger partial charge in [-0.05, 0) is 37.6 Å². The SMILES string of the molecule is Cc1ccc(Br)cc1OCc1cc(C(=O)NN)c(C)o1. The topological polar surface area (TPSA) is 77.5 Å². The van der Waals surface area contributed by atoms with Gasteiger partial charge in [-0.1, -0.05) is 22.0 Å². The van der Waals surface area contributed by atoms with Crippen molar-refractivity contribution in [3.05, 3.63) is 51.4 Å². The van der Waals surface area contributed by atoms with Crippen molar-refractivity contribution in [2.45, 2.75) is 20.5 Å². The Morgan fingerprint density at radius 3 is 2.85 bits per heavy atom. The fourth-order valence-corrected chi connectivity index (χ4v) is 2.14. The smallest absolute Gasteiger partial charge is 0.268 e. The fraction of sp³-hybridized carbons (Fsp3) is 0.214. The van der Waals surface area contributed by atoms with Crippen LogP contribution in [0.3, 0.4) is 0 Å². The van der Waals surface area contributed by atoms with E-state index in [4.69, 9.17) is 15.0 Å². The third-order valence-electron chi connectivity index (χ3n) is 2.86. The molecule has 1 heterocycles. The number of amides is 1. The number of halogens is 1. The van der Waals surface area contributed by atoms with Crippen molar-refractivity contribution in [1.29, 1.82) is 0 Å². The van der Waals surface area contributed by atoms with Gasteiger partial charge in [0.2, 0.25) is 0 Å². The van der Waals surface area contributed by atoms with Crippen molar-refractivity contribution in [1.82, 2.24) is 5.43 Å². The molecule has 5 nitrogen and oxygen atoms in total. The number of aryl methyl sites for hydroxylation is 2.